The molecule has 0 saturated carbocycles. The first-order valence-corrected chi connectivity index (χ1v) is 9.53. The number of benzene rings is 1. The van der Waals surface area contributed by atoms with E-state index in [9.17, 15) is 4.79 Å². The Hall–Kier alpha value is -3.10. The normalized spacial score (nSPS) is 15.4. The predicted molar refractivity (Wildman–Crippen MR) is 107 cm³/mol. The number of carbonyl (C=O) groups excluding carboxylic acids is 1. The third kappa shape index (κ3) is 5.21. The smallest absolute Gasteiger partial charge is 0.409 e. The average Bonchev–Trinajstić information content (AvgIpc) is 3.27. The average molecular weight is 385 g/mol. The highest BCUT2D eigenvalue weighted by Gasteiger charge is 2.24. The van der Waals surface area contributed by atoms with Crippen molar-refractivity contribution in [3.63, 3.8) is 0 Å². The van der Waals surface area contributed by atoms with E-state index in [-0.39, 0.29) is 12.1 Å². The molecule has 1 aromatic carbocycles. The maximum absolute atomic E-state index is 11.8. The van der Waals surface area contributed by atoms with E-state index in [4.69, 9.17) is 4.74 Å². The molecule has 3 rings (SSSR count). The van der Waals surface area contributed by atoms with Crippen LogP contribution < -0.4 is 10.6 Å². The van der Waals surface area contributed by atoms with Crippen LogP contribution in [0.1, 0.15) is 25.3 Å². The van der Waals surface area contributed by atoms with Crippen LogP contribution in [0, 0.1) is 0 Å². The molecule has 0 radical (unpaired) electrons. The lowest BCUT2D eigenvalue weighted by molar-refractivity contribution is 0.0963. The fourth-order valence-electron chi connectivity index (χ4n) is 3.17. The highest BCUT2D eigenvalue weighted by Crippen LogP contribution is 2.15. The molecule has 0 atom stereocenters. The number of amides is 1. The molecule has 0 aliphatic carbocycles. The summed E-state index contributed by atoms with van der Waals surface area (Å²) in [5, 5.41) is 13.6. The molecule has 2 aromatic rings. The number of piperidine rings is 1. The Kier molecular flexibility index (Phi) is 6.83. The van der Waals surface area contributed by atoms with Crippen LogP contribution in [0.4, 0.5) is 4.79 Å². The summed E-state index contributed by atoms with van der Waals surface area (Å²) >= 11 is 0. The first-order chi connectivity index (χ1) is 13.7. The van der Waals surface area contributed by atoms with Gasteiger partial charge in [0.2, 0.25) is 0 Å². The van der Waals surface area contributed by atoms with E-state index in [0.29, 0.717) is 26.2 Å². The summed E-state index contributed by atoms with van der Waals surface area (Å²) in [4.78, 5) is 22.0. The van der Waals surface area contributed by atoms with Gasteiger partial charge in [0, 0.05) is 38.3 Å². The van der Waals surface area contributed by atoms with E-state index in [1.807, 2.05) is 19.1 Å². The highest BCUT2D eigenvalue weighted by molar-refractivity contribution is 5.80. The van der Waals surface area contributed by atoms with Crippen molar-refractivity contribution in [3.8, 4) is 11.4 Å². The number of H-pyrrole nitrogens is 1. The van der Waals surface area contributed by atoms with E-state index in [1.54, 1.807) is 11.9 Å². The quantitative estimate of drug-likeness (QED) is 0.535. The minimum Gasteiger partial charge on any atom is -0.450 e. The molecule has 1 fully saturated rings. The largest absolute Gasteiger partial charge is 0.450 e. The summed E-state index contributed by atoms with van der Waals surface area (Å²) in [7, 11) is 1.76. The number of hydrogen-bond donors (Lipinski definition) is 3. The summed E-state index contributed by atoms with van der Waals surface area (Å²) in [5.74, 6) is 1.50. The van der Waals surface area contributed by atoms with Crippen molar-refractivity contribution in [2.24, 2.45) is 4.99 Å². The Morgan fingerprint density at radius 3 is 2.89 bits per heavy atom. The maximum Gasteiger partial charge on any atom is 0.409 e. The molecular formula is C19H27N7O2. The number of hydrogen-bond acceptors (Lipinski definition) is 5. The van der Waals surface area contributed by atoms with Gasteiger partial charge in [-0.25, -0.2) is 9.78 Å². The Bertz CT molecular complexity index is 783. The highest BCUT2D eigenvalue weighted by atomic mass is 16.6. The van der Waals surface area contributed by atoms with E-state index in [0.717, 1.165) is 35.8 Å². The van der Waals surface area contributed by atoms with Gasteiger partial charge in [-0.05, 0) is 31.4 Å². The van der Waals surface area contributed by atoms with Crippen LogP contribution in [0.5, 0.6) is 0 Å². The number of nitrogens with zero attached hydrogens (tertiary/aromatic N) is 4. The zero-order chi connectivity index (χ0) is 19.8. The van der Waals surface area contributed by atoms with Crippen LogP contribution in [0.2, 0.25) is 0 Å². The van der Waals surface area contributed by atoms with Gasteiger partial charge in [-0.2, -0.15) is 5.10 Å². The van der Waals surface area contributed by atoms with Crippen molar-refractivity contribution in [1.82, 2.24) is 30.7 Å². The van der Waals surface area contributed by atoms with Gasteiger partial charge in [-0.1, -0.05) is 18.2 Å². The van der Waals surface area contributed by atoms with Crippen molar-refractivity contribution in [1.29, 1.82) is 0 Å². The number of aliphatic imine (C=N–C) groups is 1. The number of carbonyl (C=O) groups is 1. The molecule has 0 spiro atoms. The minimum absolute atomic E-state index is 0.227. The van der Waals surface area contributed by atoms with Gasteiger partial charge in [-0.3, -0.25) is 10.1 Å². The summed E-state index contributed by atoms with van der Waals surface area (Å²) < 4.78 is 5.06. The van der Waals surface area contributed by atoms with Crippen molar-refractivity contribution >= 4 is 12.1 Å². The van der Waals surface area contributed by atoms with Crippen molar-refractivity contribution in [2.45, 2.75) is 32.4 Å². The van der Waals surface area contributed by atoms with Crippen LogP contribution in [-0.2, 0) is 11.3 Å². The molecule has 1 aliphatic rings. The topological polar surface area (TPSA) is 108 Å². The standard InChI is InChI=1S/C19H27N7O2/c1-3-28-19(27)26-9-7-16(8-10-26)24-18(20-2)21-12-14-5-4-6-15(11-14)17-22-13-23-25-17/h4-6,11,13,16H,3,7-10,12H2,1-2H3,(H2,20,21,24)(H,22,23,25). The molecule has 1 aromatic heterocycles. The number of ether oxygens (including phenoxy) is 1. The maximum atomic E-state index is 11.8. The molecule has 150 valence electrons. The van der Waals surface area contributed by atoms with E-state index < -0.39 is 0 Å². The van der Waals surface area contributed by atoms with Gasteiger partial charge in [0.25, 0.3) is 0 Å². The first-order valence-electron chi connectivity index (χ1n) is 9.53. The van der Waals surface area contributed by atoms with Gasteiger partial charge < -0.3 is 20.3 Å². The Morgan fingerprint density at radius 2 is 2.21 bits per heavy atom. The first kappa shape index (κ1) is 19.7. The van der Waals surface area contributed by atoms with E-state index in [2.05, 4.69) is 42.9 Å². The SMILES string of the molecule is CCOC(=O)N1CCC(NC(=NC)NCc2cccc(-c3ncn[nH]3)c2)CC1. The zero-order valence-corrected chi connectivity index (χ0v) is 16.3. The fraction of sp³-hybridized carbons (Fsp3) is 0.474. The zero-order valence-electron chi connectivity index (χ0n) is 16.3. The number of likely N-dealkylation sites (tertiary alicyclic amines) is 1. The molecule has 9 nitrogen and oxygen atoms in total. The number of aromatic amines is 1. The van der Waals surface area contributed by atoms with Gasteiger partial charge in [0.1, 0.15) is 6.33 Å². The lowest BCUT2D eigenvalue weighted by atomic mass is 10.1. The van der Waals surface area contributed by atoms with Gasteiger partial charge in [-0.15, -0.1) is 0 Å². The molecule has 3 N–H and O–H groups in total. The molecular weight excluding hydrogens is 358 g/mol. The Labute approximate surface area is 164 Å². The molecule has 1 amide bonds. The molecule has 9 heteroatoms. The fourth-order valence-corrected chi connectivity index (χ4v) is 3.17. The summed E-state index contributed by atoms with van der Waals surface area (Å²) in [6.45, 7) is 4.25. The summed E-state index contributed by atoms with van der Waals surface area (Å²) in [6.07, 6.45) is 3.00. The monoisotopic (exact) mass is 385 g/mol. The number of guanidine groups is 1. The number of nitrogens with one attached hydrogen (secondary N) is 3. The lowest BCUT2D eigenvalue weighted by Crippen LogP contribution is -2.49. The van der Waals surface area contributed by atoms with Gasteiger partial charge in [0.05, 0.1) is 6.61 Å². The molecule has 0 unspecified atom stereocenters. The van der Waals surface area contributed by atoms with E-state index in [1.165, 1.54) is 6.33 Å². The minimum atomic E-state index is -0.227. The van der Waals surface area contributed by atoms with Crippen molar-refractivity contribution in [2.75, 3.05) is 26.7 Å². The number of rotatable bonds is 5. The van der Waals surface area contributed by atoms with Crippen molar-refractivity contribution < 1.29 is 9.53 Å². The van der Waals surface area contributed by atoms with E-state index >= 15 is 0 Å². The molecule has 2 heterocycles. The van der Waals surface area contributed by atoms with Crippen LogP contribution in [0.3, 0.4) is 0 Å². The second-order valence-corrected chi connectivity index (χ2v) is 6.56. The molecule has 0 bridgehead atoms. The molecule has 1 aliphatic heterocycles. The second kappa shape index (κ2) is 9.72. The van der Waals surface area contributed by atoms with Crippen LogP contribution in [-0.4, -0.2) is 64.9 Å². The second-order valence-electron chi connectivity index (χ2n) is 6.56. The Balaban J connectivity index is 1.48. The van der Waals surface area contributed by atoms with Gasteiger partial charge in [0.15, 0.2) is 11.8 Å². The third-order valence-corrected chi connectivity index (χ3v) is 4.66. The Morgan fingerprint density at radius 1 is 1.39 bits per heavy atom. The summed E-state index contributed by atoms with van der Waals surface area (Å²) in [5.41, 5.74) is 2.11. The predicted octanol–water partition coefficient (Wildman–Crippen LogP) is 1.76. The number of aromatic nitrogens is 3. The van der Waals surface area contributed by atoms with Crippen LogP contribution >= 0.6 is 0 Å². The molecule has 1 saturated heterocycles. The molecule has 28 heavy (non-hydrogen) atoms. The third-order valence-electron chi connectivity index (χ3n) is 4.66. The summed E-state index contributed by atoms with van der Waals surface area (Å²) in [6, 6.07) is 8.39. The van der Waals surface area contributed by atoms with Crippen LogP contribution in [0.15, 0.2) is 35.6 Å². The lowest BCUT2D eigenvalue weighted by Gasteiger charge is -2.32. The van der Waals surface area contributed by atoms with Gasteiger partial charge >= 0.3 is 6.09 Å². The van der Waals surface area contributed by atoms with Crippen molar-refractivity contribution in [3.05, 3.63) is 36.2 Å². The van der Waals surface area contributed by atoms with Crippen LogP contribution in [0.25, 0.3) is 11.4 Å².